The van der Waals surface area contributed by atoms with Gasteiger partial charge in [-0.1, -0.05) is 49.2 Å². The molecule has 0 fully saturated rings. The first-order valence-corrected chi connectivity index (χ1v) is 11.9. The summed E-state index contributed by atoms with van der Waals surface area (Å²) >= 11 is 2.98. The molecular weight excluding hydrogens is 364 g/mol. The van der Waals surface area contributed by atoms with Crippen molar-refractivity contribution in [3.05, 3.63) is 0 Å². The third-order valence-electron chi connectivity index (χ3n) is 4.06. The molecule has 0 saturated heterocycles. The number of unbranched alkanes of at least 4 members (excludes halogenated alkanes) is 5. The summed E-state index contributed by atoms with van der Waals surface area (Å²) in [6.45, 7) is 2.06. The molecule has 0 aromatic heterocycles. The highest BCUT2D eigenvalue weighted by atomic mass is 32.2. The molecule has 0 amide bonds. The summed E-state index contributed by atoms with van der Waals surface area (Å²) in [5.74, 6) is 1.84. The van der Waals surface area contributed by atoms with Gasteiger partial charge >= 0.3 is 0 Å². The lowest BCUT2D eigenvalue weighted by atomic mass is 10.1. The zero-order valence-electron chi connectivity index (χ0n) is 18.0. The molecule has 0 aliphatic heterocycles. The van der Waals surface area contributed by atoms with E-state index in [9.17, 15) is 9.59 Å². The van der Waals surface area contributed by atoms with E-state index in [1.165, 1.54) is 36.4 Å². The molecule has 0 heterocycles. The van der Waals surface area contributed by atoms with Crippen LogP contribution in [-0.2, 0) is 9.59 Å². The Hall–Kier alpha value is -0.0400. The van der Waals surface area contributed by atoms with Gasteiger partial charge in [0.15, 0.2) is 10.2 Å². The van der Waals surface area contributed by atoms with Crippen molar-refractivity contribution in [2.45, 2.75) is 51.4 Å². The highest BCUT2D eigenvalue weighted by molar-refractivity contribution is 8.13. The van der Waals surface area contributed by atoms with Crippen molar-refractivity contribution in [3.8, 4) is 0 Å². The second-order valence-electron chi connectivity index (χ2n) is 9.09. The topological polar surface area (TPSA) is 34.1 Å². The van der Waals surface area contributed by atoms with Gasteiger partial charge in [0.2, 0.25) is 0 Å². The lowest BCUT2D eigenvalue weighted by Crippen LogP contribution is -2.36. The SMILES string of the molecule is C[N+](C)(C)CCSC(=O)CCCCCCCCC(=O)SCC[N+](C)(C)C. The number of thioether (sulfide) groups is 2. The molecule has 0 aliphatic carbocycles. The molecule has 0 spiro atoms. The van der Waals surface area contributed by atoms with Gasteiger partial charge in [0.25, 0.3) is 0 Å². The summed E-state index contributed by atoms with van der Waals surface area (Å²) in [7, 11) is 12.9. The first-order valence-electron chi connectivity index (χ1n) is 9.92. The second kappa shape index (κ2) is 14.0. The maximum atomic E-state index is 11.8. The molecule has 26 heavy (non-hydrogen) atoms. The van der Waals surface area contributed by atoms with E-state index >= 15 is 0 Å². The van der Waals surface area contributed by atoms with Gasteiger partial charge in [-0.2, -0.15) is 0 Å². The molecule has 0 saturated carbocycles. The quantitative estimate of drug-likeness (QED) is 0.304. The number of carbonyl (C=O) groups is 2. The molecular formula is C20H42N2O2S2+2. The molecule has 0 unspecified atom stereocenters. The standard InChI is InChI=1S/C20H42N2O2S2/c1-21(2,3)15-17-25-19(23)13-11-9-7-8-10-12-14-20(24)26-18-16-22(4,5)6/h7-18H2,1-6H3/q+2. The van der Waals surface area contributed by atoms with E-state index in [1.807, 2.05) is 0 Å². The highest BCUT2D eigenvalue weighted by Crippen LogP contribution is 2.15. The van der Waals surface area contributed by atoms with Crippen molar-refractivity contribution in [1.29, 1.82) is 0 Å². The predicted octanol–water partition coefficient (Wildman–Crippen LogP) is 4.04. The molecule has 0 radical (unpaired) electrons. The van der Waals surface area contributed by atoms with E-state index < -0.39 is 0 Å². The second-order valence-corrected chi connectivity index (χ2v) is 11.4. The van der Waals surface area contributed by atoms with E-state index in [0.717, 1.165) is 59.2 Å². The highest BCUT2D eigenvalue weighted by Gasteiger charge is 2.10. The molecule has 0 aliphatic rings. The number of hydrogen-bond donors (Lipinski definition) is 0. The average molecular weight is 407 g/mol. The van der Waals surface area contributed by atoms with Crippen LogP contribution in [0, 0.1) is 0 Å². The molecule has 0 bridgehead atoms. The minimum Gasteiger partial charge on any atom is -0.330 e. The van der Waals surface area contributed by atoms with Gasteiger partial charge in [0.1, 0.15) is 0 Å². The Balaban J connectivity index is 3.40. The Morgan fingerprint density at radius 1 is 0.577 bits per heavy atom. The molecule has 0 aromatic carbocycles. The number of hydrogen-bond acceptors (Lipinski definition) is 4. The van der Waals surface area contributed by atoms with Crippen LogP contribution in [0.25, 0.3) is 0 Å². The van der Waals surface area contributed by atoms with Crippen molar-refractivity contribution >= 4 is 33.8 Å². The number of carbonyl (C=O) groups excluding carboxylic acids is 2. The van der Waals surface area contributed by atoms with Crippen LogP contribution in [-0.4, -0.2) is 86.1 Å². The van der Waals surface area contributed by atoms with Gasteiger partial charge < -0.3 is 8.97 Å². The molecule has 6 heteroatoms. The van der Waals surface area contributed by atoms with Crippen LogP contribution in [0.5, 0.6) is 0 Å². The van der Waals surface area contributed by atoms with Crippen molar-refractivity contribution in [2.24, 2.45) is 0 Å². The van der Waals surface area contributed by atoms with Crippen LogP contribution < -0.4 is 0 Å². The fourth-order valence-electron chi connectivity index (χ4n) is 2.26. The number of quaternary nitrogens is 2. The van der Waals surface area contributed by atoms with Crippen LogP contribution in [0.2, 0.25) is 0 Å². The summed E-state index contributed by atoms with van der Waals surface area (Å²) in [6, 6.07) is 0. The van der Waals surface area contributed by atoms with Crippen LogP contribution in [0.3, 0.4) is 0 Å². The Morgan fingerprint density at radius 3 is 1.19 bits per heavy atom. The Kier molecular flexibility index (Phi) is 14.0. The van der Waals surface area contributed by atoms with Crippen molar-refractivity contribution < 1.29 is 18.6 Å². The van der Waals surface area contributed by atoms with Crippen molar-refractivity contribution in [3.63, 3.8) is 0 Å². The van der Waals surface area contributed by atoms with Crippen LogP contribution >= 0.6 is 23.5 Å². The summed E-state index contributed by atoms with van der Waals surface area (Å²) in [6.07, 6.45) is 8.07. The molecule has 154 valence electrons. The number of nitrogens with zero attached hydrogens (tertiary/aromatic N) is 2. The minimum absolute atomic E-state index is 0.343. The maximum absolute atomic E-state index is 11.8. The van der Waals surface area contributed by atoms with E-state index in [0.29, 0.717) is 23.1 Å². The Morgan fingerprint density at radius 2 is 0.885 bits per heavy atom. The van der Waals surface area contributed by atoms with Gasteiger partial charge in [-0.05, 0) is 12.8 Å². The maximum Gasteiger partial charge on any atom is 0.189 e. The normalized spacial score (nSPS) is 12.4. The average Bonchev–Trinajstić information content (AvgIpc) is 2.47. The largest absolute Gasteiger partial charge is 0.330 e. The molecule has 0 N–H and O–H groups in total. The van der Waals surface area contributed by atoms with Crippen LogP contribution in [0.1, 0.15) is 51.4 Å². The lowest BCUT2D eigenvalue weighted by molar-refractivity contribution is -0.867. The Labute approximate surface area is 170 Å². The number of rotatable bonds is 15. The zero-order valence-corrected chi connectivity index (χ0v) is 19.6. The third kappa shape index (κ3) is 20.3. The van der Waals surface area contributed by atoms with Gasteiger partial charge in [-0.3, -0.25) is 9.59 Å². The first kappa shape index (κ1) is 26.0. The monoisotopic (exact) mass is 406 g/mol. The molecule has 0 atom stereocenters. The third-order valence-corrected chi connectivity index (χ3v) is 5.89. The zero-order chi connectivity index (χ0) is 20.1. The molecule has 0 rings (SSSR count). The summed E-state index contributed by atoms with van der Waals surface area (Å²) in [5, 5.41) is 0.685. The van der Waals surface area contributed by atoms with E-state index in [2.05, 4.69) is 42.3 Å². The van der Waals surface area contributed by atoms with E-state index in [4.69, 9.17) is 0 Å². The molecule has 0 aromatic rings. The lowest BCUT2D eigenvalue weighted by Gasteiger charge is -2.23. The van der Waals surface area contributed by atoms with Gasteiger partial charge in [-0.25, -0.2) is 0 Å². The predicted molar refractivity (Wildman–Crippen MR) is 118 cm³/mol. The summed E-state index contributed by atoms with van der Waals surface area (Å²) in [4.78, 5) is 23.6. The van der Waals surface area contributed by atoms with Gasteiger partial charge in [0.05, 0.1) is 66.9 Å². The first-order chi connectivity index (χ1) is 12.0. The van der Waals surface area contributed by atoms with Gasteiger partial charge in [-0.15, -0.1) is 0 Å². The van der Waals surface area contributed by atoms with E-state index in [-0.39, 0.29) is 0 Å². The molecule has 4 nitrogen and oxygen atoms in total. The fourth-order valence-corrected chi connectivity index (χ4v) is 4.57. The minimum atomic E-state index is 0.343. The van der Waals surface area contributed by atoms with Crippen molar-refractivity contribution in [1.82, 2.24) is 0 Å². The summed E-state index contributed by atoms with van der Waals surface area (Å²) in [5.41, 5.74) is 0. The van der Waals surface area contributed by atoms with Crippen LogP contribution in [0.15, 0.2) is 0 Å². The van der Waals surface area contributed by atoms with Crippen molar-refractivity contribution in [2.75, 3.05) is 66.9 Å². The smallest absolute Gasteiger partial charge is 0.189 e. The Bertz CT molecular complexity index is 364. The van der Waals surface area contributed by atoms with Gasteiger partial charge in [0, 0.05) is 12.8 Å². The summed E-state index contributed by atoms with van der Waals surface area (Å²) < 4.78 is 1.83. The fraction of sp³-hybridized carbons (Fsp3) is 0.900. The van der Waals surface area contributed by atoms with Crippen LogP contribution in [0.4, 0.5) is 0 Å². The van der Waals surface area contributed by atoms with E-state index in [1.54, 1.807) is 0 Å².